The molecular weight excluding hydrogens is 528 g/mol. The van der Waals surface area contributed by atoms with Crippen LogP contribution in [0.2, 0.25) is 0 Å². The quantitative estimate of drug-likeness (QED) is 0.243. The lowest BCUT2D eigenvalue weighted by Gasteiger charge is -2.33. The van der Waals surface area contributed by atoms with E-state index in [2.05, 4.69) is 30.6 Å². The number of aryl methyl sites for hydroxylation is 1. The Bertz CT molecular complexity index is 1580. The van der Waals surface area contributed by atoms with Crippen LogP contribution in [-0.4, -0.2) is 76.1 Å². The van der Waals surface area contributed by atoms with Crippen molar-refractivity contribution in [2.45, 2.75) is 65.1 Å². The van der Waals surface area contributed by atoms with E-state index in [9.17, 15) is 14.4 Å². The number of hydrogen-bond acceptors (Lipinski definition) is 10. The van der Waals surface area contributed by atoms with Gasteiger partial charge < -0.3 is 25.7 Å². The second kappa shape index (κ2) is 11.3. The summed E-state index contributed by atoms with van der Waals surface area (Å²) in [5.74, 6) is -0.0863. The molecule has 4 aromatic rings. The molecule has 1 aliphatic heterocycles. The van der Waals surface area contributed by atoms with Gasteiger partial charge in [-0.25, -0.2) is 9.78 Å². The number of nitrogen functional groups attached to an aromatic ring is 1. The van der Waals surface area contributed by atoms with E-state index in [-0.39, 0.29) is 48.1 Å². The molecule has 5 rings (SSSR count). The Morgan fingerprint density at radius 1 is 1.24 bits per heavy atom. The van der Waals surface area contributed by atoms with Crippen molar-refractivity contribution in [1.29, 1.82) is 0 Å². The summed E-state index contributed by atoms with van der Waals surface area (Å²) >= 11 is 0. The topological polar surface area (TPSA) is 186 Å². The molecule has 14 heteroatoms. The van der Waals surface area contributed by atoms with E-state index in [1.807, 2.05) is 32.9 Å². The maximum absolute atomic E-state index is 13.2. The molecule has 1 aliphatic rings. The minimum absolute atomic E-state index is 0.0450. The number of cyclic esters (lactones) is 1. The third-order valence-electron chi connectivity index (χ3n) is 7.43. The van der Waals surface area contributed by atoms with Gasteiger partial charge >= 0.3 is 6.09 Å². The van der Waals surface area contributed by atoms with Crippen LogP contribution in [0.15, 0.2) is 30.9 Å². The molecule has 2 amide bonds. The number of nitrogens with two attached hydrogens (primary N) is 1. The number of aromatic amines is 1. The van der Waals surface area contributed by atoms with E-state index in [4.69, 9.17) is 15.5 Å². The highest BCUT2D eigenvalue weighted by atomic mass is 16.6. The van der Waals surface area contributed by atoms with Crippen molar-refractivity contribution in [3.05, 3.63) is 53.6 Å². The number of H-pyrrole nitrogens is 1. The summed E-state index contributed by atoms with van der Waals surface area (Å²) in [5, 5.41) is 14.7. The zero-order chi connectivity index (χ0) is 29.3. The maximum atomic E-state index is 13.2. The summed E-state index contributed by atoms with van der Waals surface area (Å²) in [6, 6.07) is 3.12. The molecule has 4 aromatic heterocycles. The van der Waals surface area contributed by atoms with Gasteiger partial charge in [0, 0.05) is 29.4 Å². The fourth-order valence-electron chi connectivity index (χ4n) is 5.09. The fourth-order valence-corrected chi connectivity index (χ4v) is 5.09. The van der Waals surface area contributed by atoms with Crippen molar-refractivity contribution in [3.8, 4) is 11.1 Å². The van der Waals surface area contributed by atoms with Gasteiger partial charge in [0.15, 0.2) is 11.4 Å². The van der Waals surface area contributed by atoms with Crippen LogP contribution in [0.3, 0.4) is 0 Å². The lowest BCUT2D eigenvalue weighted by Crippen LogP contribution is -2.45. The summed E-state index contributed by atoms with van der Waals surface area (Å²) < 4.78 is 6.41. The Labute approximate surface area is 235 Å². The second-order valence-electron chi connectivity index (χ2n) is 10.1. The molecular formula is C27H32N10O4. The van der Waals surface area contributed by atoms with Gasteiger partial charge in [0.25, 0.3) is 5.91 Å². The monoisotopic (exact) mass is 560 g/mol. The van der Waals surface area contributed by atoms with Crippen LogP contribution in [0.4, 0.5) is 10.6 Å². The predicted octanol–water partition coefficient (Wildman–Crippen LogP) is 2.74. The number of pyridine rings is 1. The third kappa shape index (κ3) is 5.32. The van der Waals surface area contributed by atoms with Crippen LogP contribution < -0.4 is 11.1 Å². The number of carbonyl (C=O) groups excluding carboxylic acids is 3. The Morgan fingerprint density at radius 2 is 2.05 bits per heavy atom. The summed E-state index contributed by atoms with van der Waals surface area (Å²) in [5.41, 5.74) is 9.89. The minimum atomic E-state index is -0.471. The number of carbonyl (C=O) groups is 3. The number of anilines is 1. The van der Waals surface area contributed by atoms with Crippen LogP contribution in [0.1, 0.15) is 78.9 Å². The van der Waals surface area contributed by atoms with Crippen molar-refractivity contribution < 1.29 is 19.1 Å². The molecule has 0 aromatic carbocycles. The number of aromatic nitrogens is 7. The number of Topliss-reactive ketones (excluding diaryl/α,β-unsaturated/α-hetero) is 1. The van der Waals surface area contributed by atoms with E-state index in [1.54, 1.807) is 17.3 Å². The Balaban J connectivity index is 1.45. The van der Waals surface area contributed by atoms with Crippen molar-refractivity contribution in [2.24, 2.45) is 0 Å². The number of rotatable bonds is 10. The van der Waals surface area contributed by atoms with E-state index < -0.39 is 6.09 Å². The third-order valence-corrected chi connectivity index (χ3v) is 7.43. The first-order valence-corrected chi connectivity index (χ1v) is 13.4. The van der Waals surface area contributed by atoms with Gasteiger partial charge in [-0.1, -0.05) is 13.0 Å². The second-order valence-corrected chi connectivity index (χ2v) is 10.1. The number of nitrogens with one attached hydrogen (secondary N) is 2. The average Bonchev–Trinajstić information content (AvgIpc) is 3.73. The summed E-state index contributed by atoms with van der Waals surface area (Å²) in [6.45, 7) is 7.63. The van der Waals surface area contributed by atoms with Crippen molar-refractivity contribution in [3.63, 3.8) is 0 Å². The molecule has 214 valence electrons. The van der Waals surface area contributed by atoms with E-state index >= 15 is 0 Å². The molecule has 0 aliphatic carbocycles. The predicted molar refractivity (Wildman–Crippen MR) is 148 cm³/mol. The number of hydrogen-bond donors (Lipinski definition) is 3. The van der Waals surface area contributed by atoms with Gasteiger partial charge in [0.05, 0.1) is 23.1 Å². The van der Waals surface area contributed by atoms with Gasteiger partial charge in [-0.05, 0) is 46.1 Å². The molecule has 5 heterocycles. The molecule has 1 saturated heterocycles. The van der Waals surface area contributed by atoms with Gasteiger partial charge in [-0.2, -0.15) is 9.61 Å². The lowest BCUT2D eigenvalue weighted by molar-refractivity contribution is 0.0580. The number of alkyl carbamates (subject to hydrolysis) is 1. The molecule has 14 nitrogen and oxygen atoms in total. The summed E-state index contributed by atoms with van der Waals surface area (Å²) in [7, 11) is 0. The summed E-state index contributed by atoms with van der Waals surface area (Å²) in [4.78, 5) is 51.2. The van der Waals surface area contributed by atoms with Crippen molar-refractivity contribution in [2.75, 3.05) is 12.3 Å². The zero-order valence-corrected chi connectivity index (χ0v) is 23.3. The van der Waals surface area contributed by atoms with Crippen LogP contribution in [0, 0.1) is 0 Å². The molecule has 0 bridgehead atoms. The first-order chi connectivity index (χ1) is 19.7. The number of amides is 2. The minimum Gasteiger partial charge on any atom is -0.447 e. The largest absolute Gasteiger partial charge is 0.447 e. The number of ether oxygens (including phenoxy) is 1. The normalized spacial score (nSPS) is 16.3. The first kappa shape index (κ1) is 27.7. The van der Waals surface area contributed by atoms with E-state index in [0.29, 0.717) is 41.0 Å². The number of fused-ring (bicyclic) bond motifs is 1. The maximum Gasteiger partial charge on any atom is 0.407 e. The van der Waals surface area contributed by atoms with Crippen LogP contribution in [-0.2, 0) is 11.2 Å². The Morgan fingerprint density at radius 3 is 2.66 bits per heavy atom. The number of ketones is 1. The molecule has 3 atom stereocenters. The first-order valence-electron chi connectivity index (χ1n) is 13.4. The Kier molecular flexibility index (Phi) is 7.64. The molecule has 41 heavy (non-hydrogen) atoms. The summed E-state index contributed by atoms with van der Waals surface area (Å²) in [6.07, 6.45) is 5.90. The zero-order valence-electron chi connectivity index (χ0n) is 23.3. The fraction of sp³-hybridized carbons (Fsp3) is 0.407. The molecule has 1 fully saturated rings. The van der Waals surface area contributed by atoms with Gasteiger partial charge in [-0.3, -0.25) is 14.6 Å². The highest BCUT2D eigenvalue weighted by Crippen LogP contribution is 2.29. The number of nitrogens with zero attached hydrogens (tertiary/aromatic N) is 7. The highest BCUT2D eigenvalue weighted by Gasteiger charge is 2.29. The van der Waals surface area contributed by atoms with E-state index in [0.717, 1.165) is 12.0 Å². The highest BCUT2D eigenvalue weighted by molar-refractivity contribution is 6.00. The van der Waals surface area contributed by atoms with Crippen LogP contribution >= 0.6 is 0 Å². The SMILES string of the molecule is CC[C@H](C)N(C(=O)c1nnc[nH]1)C(C)CCc1nc2c(-c3ccc([C@@H]4COC(=O)N4)nc3)cnn2c(N)c1C(C)=O. The molecule has 0 radical (unpaired) electrons. The van der Waals surface area contributed by atoms with Crippen LogP contribution in [0.5, 0.6) is 0 Å². The standard InChI is InChI=1S/C27H32N10O4/c1-5-14(2)36(26(39)24-30-13-31-35-24)15(3)6-8-20-22(16(4)38)23(28)37-25(33-20)18(11-32-37)17-7-9-19(29-10-17)21-12-41-27(40)34-21/h7,9-11,13-15,21H,5-6,8,12,28H2,1-4H3,(H,34,40)(H,30,31,35)/t14-,15?,21-/m0/s1. The van der Waals surface area contributed by atoms with Crippen LogP contribution in [0.25, 0.3) is 16.8 Å². The molecule has 4 N–H and O–H groups in total. The smallest absolute Gasteiger partial charge is 0.407 e. The Hall–Kier alpha value is -4.88. The van der Waals surface area contributed by atoms with Gasteiger partial charge in [0.2, 0.25) is 5.82 Å². The molecule has 0 spiro atoms. The molecule has 1 unspecified atom stereocenters. The average molecular weight is 561 g/mol. The van der Waals surface area contributed by atoms with Crippen molar-refractivity contribution in [1.82, 2.24) is 45.0 Å². The van der Waals surface area contributed by atoms with Crippen molar-refractivity contribution >= 4 is 29.2 Å². The lowest BCUT2D eigenvalue weighted by atomic mass is 10.0. The van der Waals surface area contributed by atoms with E-state index in [1.165, 1.54) is 17.8 Å². The van der Waals surface area contributed by atoms with Gasteiger partial charge in [-0.15, -0.1) is 10.2 Å². The molecule has 0 saturated carbocycles. The van der Waals surface area contributed by atoms with Gasteiger partial charge in [0.1, 0.15) is 24.8 Å².